The molecule has 0 saturated carbocycles. The number of hydrogen-bond donors (Lipinski definition) is 0. The molecule has 39 heavy (non-hydrogen) atoms. The van der Waals surface area contributed by atoms with Crippen molar-refractivity contribution in [3.63, 3.8) is 0 Å². The molecule has 0 unspecified atom stereocenters. The van der Waals surface area contributed by atoms with Gasteiger partial charge in [-0.05, 0) is 80.6 Å². The van der Waals surface area contributed by atoms with E-state index in [1.807, 2.05) is 38.1 Å². The maximum Gasteiger partial charge on any atom is 0.338 e. The molecule has 1 amide bonds. The Morgan fingerprint density at radius 3 is 2.56 bits per heavy atom. The third-order valence-corrected chi connectivity index (χ3v) is 7.60. The third kappa shape index (κ3) is 5.38. The zero-order chi connectivity index (χ0) is 27.5. The summed E-state index contributed by atoms with van der Waals surface area (Å²) < 4.78 is 20.7. The highest BCUT2D eigenvalue weighted by molar-refractivity contribution is 8.18. The number of para-hydroxylation sites is 1. The molecule has 1 fully saturated rings. The fourth-order valence-corrected chi connectivity index (χ4v) is 5.69. The molecule has 0 aliphatic carbocycles. The fraction of sp³-hybridized carbons (Fsp3) is 0.194. The molecule has 2 heterocycles. The Bertz CT molecular complexity index is 1620. The van der Waals surface area contributed by atoms with Crippen LogP contribution < -0.4 is 0 Å². The molecule has 1 saturated heterocycles. The van der Waals surface area contributed by atoms with Crippen molar-refractivity contribution in [1.29, 1.82) is 0 Å². The lowest BCUT2D eigenvalue weighted by molar-refractivity contribution is -0.122. The number of thioether (sulfide) groups is 1. The molecular weight excluding hydrogens is 513 g/mol. The van der Waals surface area contributed by atoms with Crippen LogP contribution in [0.2, 0.25) is 0 Å². The summed E-state index contributed by atoms with van der Waals surface area (Å²) in [5.74, 6) is -0.784. The average Bonchev–Trinajstić information content (AvgIpc) is 3.38. The Morgan fingerprint density at radius 2 is 1.82 bits per heavy atom. The third-order valence-electron chi connectivity index (χ3n) is 6.60. The molecule has 198 valence electrons. The molecule has 1 aromatic heterocycles. The first-order valence-electron chi connectivity index (χ1n) is 12.8. The van der Waals surface area contributed by atoms with Crippen LogP contribution in [0.3, 0.4) is 0 Å². The van der Waals surface area contributed by atoms with Gasteiger partial charge in [0, 0.05) is 35.2 Å². The summed E-state index contributed by atoms with van der Waals surface area (Å²) in [6, 6.07) is 21.5. The smallest absolute Gasteiger partial charge is 0.338 e. The summed E-state index contributed by atoms with van der Waals surface area (Å²) in [6.45, 7) is 7.04. The van der Waals surface area contributed by atoms with Crippen molar-refractivity contribution in [2.45, 2.75) is 27.3 Å². The number of rotatable bonds is 7. The van der Waals surface area contributed by atoms with E-state index >= 15 is 0 Å². The molecule has 0 atom stereocenters. The Balaban J connectivity index is 1.51. The molecule has 8 heteroatoms. The molecule has 0 bridgehead atoms. The highest BCUT2D eigenvalue weighted by Gasteiger charge is 2.33. The van der Waals surface area contributed by atoms with Crippen LogP contribution in [0, 0.1) is 12.7 Å². The van der Waals surface area contributed by atoms with Gasteiger partial charge in [-0.2, -0.15) is 0 Å². The minimum Gasteiger partial charge on any atom is -0.462 e. The van der Waals surface area contributed by atoms with Crippen LogP contribution in [-0.2, 0) is 16.1 Å². The number of ether oxygens (including phenoxy) is 1. The molecule has 0 spiro atoms. The Hall–Kier alpha value is -4.17. The normalized spacial score (nSPS) is 15.6. The number of aliphatic imine (C=N–C) groups is 1. The van der Waals surface area contributed by atoms with Gasteiger partial charge in [0.2, 0.25) is 0 Å². The molecule has 0 N–H and O–H groups in total. The van der Waals surface area contributed by atoms with Gasteiger partial charge in [-0.15, -0.1) is 0 Å². The van der Waals surface area contributed by atoms with Crippen molar-refractivity contribution in [2.24, 2.45) is 4.99 Å². The molecule has 5 rings (SSSR count). The van der Waals surface area contributed by atoms with Gasteiger partial charge in [-0.3, -0.25) is 9.69 Å². The van der Waals surface area contributed by atoms with Gasteiger partial charge in [0.15, 0.2) is 5.17 Å². The second kappa shape index (κ2) is 11.3. The number of fused-ring (bicyclic) bond motifs is 1. The Labute approximate surface area is 230 Å². The first-order valence-corrected chi connectivity index (χ1v) is 13.6. The highest BCUT2D eigenvalue weighted by atomic mass is 32.2. The molecule has 3 aromatic carbocycles. The van der Waals surface area contributed by atoms with Gasteiger partial charge in [-0.25, -0.2) is 14.2 Å². The maximum atomic E-state index is 13.5. The summed E-state index contributed by atoms with van der Waals surface area (Å²) in [7, 11) is 0. The van der Waals surface area contributed by atoms with E-state index < -0.39 is 5.97 Å². The van der Waals surface area contributed by atoms with Gasteiger partial charge in [-0.1, -0.05) is 36.4 Å². The molecule has 6 nitrogen and oxygen atoms in total. The number of aromatic nitrogens is 1. The summed E-state index contributed by atoms with van der Waals surface area (Å²) in [4.78, 5) is 32.5. The standard InChI is InChI=1S/C31H28FN3O3S/c1-4-34-29(36)28(39-31(34)33-24-10-8-9-22(17-24)30(37)38-5-2)18-26-20(3)35(27-12-7-6-11-25(26)27)19-21-13-15-23(32)16-14-21/h6-18H,4-5,19H2,1-3H3. The van der Waals surface area contributed by atoms with Gasteiger partial charge in [0.05, 0.1) is 22.8 Å². The Kier molecular flexibility index (Phi) is 7.65. The van der Waals surface area contributed by atoms with Crippen molar-refractivity contribution in [1.82, 2.24) is 9.47 Å². The first-order chi connectivity index (χ1) is 18.9. The van der Waals surface area contributed by atoms with E-state index in [1.54, 1.807) is 48.2 Å². The van der Waals surface area contributed by atoms with E-state index in [2.05, 4.69) is 10.6 Å². The number of amidine groups is 1. The van der Waals surface area contributed by atoms with Gasteiger partial charge in [0.1, 0.15) is 5.82 Å². The number of carbonyl (C=O) groups excluding carboxylic acids is 2. The second-order valence-electron chi connectivity index (χ2n) is 9.05. The van der Waals surface area contributed by atoms with Gasteiger partial charge < -0.3 is 9.30 Å². The molecule has 1 aliphatic rings. The van der Waals surface area contributed by atoms with E-state index in [0.717, 1.165) is 27.7 Å². The lowest BCUT2D eigenvalue weighted by Gasteiger charge is -2.12. The summed E-state index contributed by atoms with van der Waals surface area (Å²) in [5.41, 5.74) is 4.99. The van der Waals surface area contributed by atoms with E-state index in [0.29, 0.717) is 41.0 Å². The van der Waals surface area contributed by atoms with Crippen LogP contribution >= 0.6 is 11.8 Å². The number of amides is 1. The van der Waals surface area contributed by atoms with Crippen LogP contribution in [-0.4, -0.2) is 39.7 Å². The lowest BCUT2D eigenvalue weighted by atomic mass is 10.1. The quantitative estimate of drug-likeness (QED) is 0.188. The number of benzene rings is 3. The van der Waals surface area contributed by atoms with E-state index in [4.69, 9.17) is 9.73 Å². The zero-order valence-electron chi connectivity index (χ0n) is 22.0. The summed E-state index contributed by atoms with van der Waals surface area (Å²) in [5, 5.41) is 1.59. The largest absolute Gasteiger partial charge is 0.462 e. The lowest BCUT2D eigenvalue weighted by Crippen LogP contribution is -2.28. The molecule has 1 aliphatic heterocycles. The van der Waals surface area contributed by atoms with Crippen molar-refractivity contribution < 1.29 is 18.7 Å². The Morgan fingerprint density at radius 1 is 1.05 bits per heavy atom. The first kappa shape index (κ1) is 26.4. The fourth-order valence-electron chi connectivity index (χ4n) is 4.64. The molecule has 0 radical (unpaired) electrons. The predicted molar refractivity (Wildman–Crippen MR) is 155 cm³/mol. The molecule has 4 aromatic rings. The monoisotopic (exact) mass is 541 g/mol. The molecular formula is C31H28FN3O3S. The van der Waals surface area contributed by atoms with E-state index in [1.165, 1.54) is 23.9 Å². The van der Waals surface area contributed by atoms with Gasteiger partial charge >= 0.3 is 5.97 Å². The number of likely N-dealkylation sites (N-methyl/N-ethyl adjacent to an activating group) is 1. The van der Waals surface area contributed by atoms with Crippen LogP contribution in [0.25, 0.3) is 17.0 Å². The zero-order valence-corrected chi connectivity index (χ0v) is 22.8. The number of halogens is 1. The predicted octanol–water partition coefficient (Wildman–Crippen LogP) is 6.94. The van der Waals surface area contributed by atoms with Crippen molar-refractivity contribution in [2.75, 3.05) is 13.2 Å². The number of nitrogens with zero attached hydrogens (tertiary/aromatic N) is 3. The average molecular weight is 542 g/mol. The van der Waals surface area contributed by atoms with Crippen LogP contribution in [0.4, 0.5) is 10.1 Å². The topological polar surface area (TPSA) is 63.9 Å². The van der Waals surface area contributed by atoms with E-state index in [9.17, 15) is 14.0 Å². The van der Waals surface area contributed by atoms with Crippen molar-refractivity contribution >= 4 is 51.5 Å². The minimum atomic E-state index is -0.407. The highest BCUT2D eigenvalue weighted by Crippen LogP contribution is 2.37. The minimum absolute atomic E-state index is 0.113. The SMILES string of the molecule is CCOC(=O)c1cccc(N=C2SC(=Cc3c(C)n(Cc4ccc(F)cc4)c4ccccc34)C(=O)N2CC)c1. The van der Waals surface area contributed by atoms with Crippen molar-refractivity contribution in [3.8, 4) is 0 Å². The summed E-state index contributed by atoms with van der Waals surface area (Å²) in [6.07, 6.45) is 1.94. The van der Waals surface area contributed by atoms with Crippen LogP contribution in [0.1, 0.15) is 41.0 Å². The number of esters is 1. The number of carbonyl (C=O) groups is 2. The second-order valence-corrected chi connectivity index (χ2v) is 10.1. The van der Waals surface area contributed by atoms with Gasteiger partial charge in [0.25, 0.3) is 5.91 Å². The van der Waals surface area contributed by atoms with E-state index in [-0.39, 0.29) is 11.7 Å². The summed E-state index contributed by atoms with van der Waals surface area (Å²) >= 11 is 1.32. The number of hydrogen-bond acceptors (Lipinski definition) is 5. The van der Waals surface area contributed by atoms with Crippen molar-refractivity contribution in [3.05, 3.63) is 106 Å². The van der Waals surface area contributed by atoms with Crippen LogP contribution in [0.15, 0.2) is 82.7 Å². The van der Waals surface area contributed by atoms with Crippen LogP contribution in [0.5, 0.6) is 0 Å². The maximum absolute atomic E-state index is 13.5.